The molecular weight excluding hydrogens is 512 g/mol. The van der Waals surface area contributed by atoms with E-state index in [0.29, 0.717) is 23.4 Å². The third kappa shape index (κ3) is 5.74. The monoisotopic (exact) mass is 548 g/mol. The van der Waals surface area contributed by atoms with Crippen LogP contribution in [-0.4, -0.2) is 39.1 Å². The van der Waals surface area contributed by atoms with Gasteiger partial charge in [0.1, 0.15) is 23.1 Å². The fourth-order valence-corrected chi connectivity index (χ4v) is 5.67. The molecule has 3 aromatic rings. The number of hydrogen-bond acceptors (Lipinski definition) is 5. The van der Waals surface area contributed by atoms with E-state index >= 15 is 0 Å². The molecule has 0 saturated heterocycles. The average molecular weight is 549 g/mol. The Labute approximate surface area is 241 Å². The van der Waals surface area contributed by atoms with Crippen LogP contribution in [0.1, 0.15) is 69.9 Å². The van der Waals surface area contributed by atoms with Crippen molar-refractivity contribution < 1.29 is 14.3 Å². The summed E-state index contributed by atoms with van der Waals surface area (Å²) in [5.74, 6) is -0.00871. The Hall–Kier alpha value is -4.44. The number of carbonyl (C=O) groups is 2. The van der Waals surface area contributed by atoms with Gasteiger partial charge in [0.25, 0.3) is 11.8 Å². The first-order valence-corrected chi connectivity index (χ1v) is 14.5. The Balaban J connectivity index is 1.62. The van der Waals surface area contributed by atoms with Crippen LogP contribution >= 0.6 is 0 Å². The Morgan fingerprint density at radius 2 is 1.80 bits per heavy atom. The molecule has 7 heteroatoms. The van der Waals surface area contributed by atoms with E-state index in [1.807, 2.05) is 61.7 Å². The number of carbonyl (C=O) groups excluding carboxylic acids is 2. The number of nitrogens with zero attached hydrogens (tertiary/aromatic N) is 4. The Morgan fingerprint density at radius 3 is 2.49 bits per heavy atom. The van der Waals surface area contributed by atoms with Gasteiger partial charge in [0.2, 0.25) is 0 Å². The first-order chi connectivity index (χ1) is 19.9. The van der Waals surface area contributed by atoms with Crippen molar-refractivity contribution in [1.82, 2.24) is 14.7 Å². The van der Waals surface area contributed by atoms with Crippen LogP contribution in [-0.2, 0) is 9.59 Å². The molecule has 2 heterocycles. The van der Waals surface area contributed by atoms with Crippen molar-refractivity contribution in [1.29, 1.82) is 5.26 Å². The van der Waals surface area contributed by atoms with E-state index in [-0.39, 0.29) is 17.5 Å². The number of hydrogen-bond donors (Lipinski definition) is 0. The van der Waals surface area contributed by atoms with Crippen LogP contribution in [0.4, 0.5) is 0 Å². The summed E-state index contributed by atoms with van der Waals surface area (Å²) in [6.07, 6.45) is 10.3. The number of nitriles is 1. The molecule has 2 aliphatic rings. The highest BCUT2D eigenvalue weighted by atomic mass is 16.5. The predicted octanol–water partition coefficient (Wildman–Crippen LogP) is 6.95. The molecule has 1 aliphatic carbocycles. The van der Waals surface area contributed by atoms with Gasteiger partial charge in [-0.15, -0.1) is 0 Å². The van der Waals surface area contributed by atoms with E-state index in [1.165, 1.54) is 4.90 Å². The van der Waals surface area contributed by atoms with Crippen LogP contribution in [0.15, 0.2) is 71.4 Å². The lowest BCUT2D eigenvalue weighted by Gasteiger charge is -2.36. The van der Waals surface area contributed by atoms with Gasteiger partial charge in [-0.25, -0.2) is 4.68 Å². The quantitative estimate of drug-likeness (QED) is 0.173. The minimum atomic E-state index is -0.478. The molecule has 41 heavy (non-hydrogen) atoms. The topological polar surface area (TPSA) is 88.2 Å². The van der Waals surface area contributed by atoms with E-state index in [1.54, 1.807) is 17.7 Å². The molecule has 210 valence electrons. The van der Waals surface area contributed by atoms with Gasteiger partial charge >= 0.3 is 0 Å². The van der Waals surface area contributed by atoms with Gasteiger partial charge in [-0.3, -0.25) is 14.5 Å². The lowest BCUT2D eigenvalue weighted by molar-refractivity contribution is -0.143. The minimum Gasteiger partial charge on any atom is -0.494 e. The van der Waals surface area contributed by atoms with Gasteiger partial charge in [0, 0.05) is 28.9 Å². The maximum absolute atomic E-state index is 13.9. The van der Waals surface area contributed by atoms with Crippen molar-refractivity contribution in [2.24, 2.45) is 0 Å². The summed E-state index contributed by atoms with van der Waals surface area (Å²) in [4.78, 5) is 28.6. The largest absolute Gasteiger partial charge is 0.494 e. The van der Waals surface area contributed by atoms with Crippen molar-refractivity contribution in [3.63, 3.8) is 0 Å². The van der Waals surface area contributed by atoms with Crippen molar-refractivity contribution in [3.8, 4) is 28.8 Å². The number of aryl methyl sites for hydroxylation is 1. The number of amides is 2. The van der Waals surface area contributed by atoms with Gasteiger partial charge in [-0.05, 0) is 80.7 Å². The fraction of sp³-hybridized carbons (Fsp3) is 0.353. The van der Waals surface area contributed by atoms with Gasteiger partial charge in [0.15, 0.2) is 0 Å². The number of rotatable bonds is 8. The molecule has 1 aromatic heterocycles. The highest BCUT2D eigenvalue weighted by Gasteiger charge is 2.40. The molecule has 2 amide bonds. The predicted molar refractivity (Wildman–Crippen MR) is 159 cm³/mol. The summed E-state index contributed by atoms with van der Waals surface area (Å²) in [5.41, 5.74) is 5.03. The van der Waals surface area contributed by atoms with Gasteiger partial charge in [-0.1, -0.05) is 50.8 Å². The molecule has 1 fully saturated rings. The van der Waals surface area contributed by atoms with E-state index < -0.39 is 5.91 Å². The number of unbranched alkanes of at least 4 members (excludes halogenated alkanes) is 1. The fourth-order valence-electron chi connectivity index (χ4n) is 5.67. The standard InChI is InChI=1S/C34H36N4O3/c1-4-5-18-41-28-16-17-29(23(2)19-28)32-25(22-37(36-32)26-12-8-6-9-13-26)20-30-24(3)31(21-35)34(40)38(33(30)39)27-14-10-7-11-15-27/h6,8-9,12-13,16-17,19-20,22,27H,4-5,7,10-11,14-15,18H2,1-3H3/b30-20+. The molecule has 0 atom stereocenters. The Kier molecular flexibility index (Phi) is 8.49. The molecule has 5 rings (SSSR count). The summed E-state index contributed by atoms with van der Waals surface area (Å²) in [6, 6.07) is 17.7. The van der Waals surface area contributed by atoms with E-state index in [4.69, 9.17) is 9.84 Å². The second-order valence-electron chi connectivity index (χ2n) is 10.8. The SMILES string of the molecule is CCCCOc1ccc(-c2nn(-c3ccccc3)cc2/C=C2/C(=O)N(C3CCCCC3)C(=O)C(C#N)=C2C)c(C)c1. The highest BCUT2D eigenvalue weighted by Crippen LogP contribution is 2.35. The van der Waals surface area contributed by atoms with Gasteiger partial charge < -0.3 is 4.74 Å². The minimum absolute atomic E-state index is 0.0307. The molecule has 1 saturated carbocycles. The van der Waals surface area contributed by atoms with Crippen molar-refractivity contribution in [3.05, 3.63) is 82.6 Å². The highest BCUT2D eigenvalue weighted by molar-refractivity contribution is 6.20. The van der Waals surface area contributed by atoms with Gasteiger partial charge in [-0.2, -0.15) is 10.4 Å². The molecule has 0 bridgehead atoms. The lowest BCUT2D eigenvalue weighted by atomic mass is 9.88. The maximum atomic E-state index is 13.9. The Morgan fingerprint density at radius 1 is 1.05 bits per heavy atom. The van der Waals surface area contributed by atoms with Crippen LogP contribution < -0.4 is 4.74 Å². The first-order valence-electron chi connectivity index (χ1n) is 14.5. The van der Waals surface area contributed by atoms with Crippen LogP contribution in [0, 0.1) is 18.3 Å². The summed E-state index contributed by atoms with van der Waals surface area (Å²) in [5, 5.41) is 14.9. The summed E-state index contributed by atoms with van der Waals surface area (Å²) < 4.78 is 7.72. The van der Waals surface area contributed by atoms with Crippen molar-refractivity contribution in [2.75, 3.05) is 6.61 Å². The molecule has 0 unspecified atom stereocenters. The summed E-state index contributed by atoms with van der Waals surface area (Å²) in [7, 11) is 0. The van der Waals surface area contributed by atoms with E-state index in [2.05, 4.69) is 13.0 Å². The maximum Gasteiger partial charge on any atom is 0.271 e. The zero-order valence-corrected chi connectivity index (χ0v) is 24.0. The molecule has 0 radical (unpaired) electrons. The number of benzene rings is 2. The molecule has 1 aliphatic heterocycles. The van der Waals surface area contributed by atoms with Crippen LogP contribution in [0.25, 0.3) is 23.0 Å². The molecule has 7 nitrogen and oxygen atoms in total. The van der Waals surface area contributed by atoms with E-state index in [0.717, 1.165) is 73.1 Å². The lowest BCUT2D eigenvalue weighted by Crippen LogP contribution is -2.49. The number of aromatic nitrogens is 2. The number of para-hydroxylation sites is 1. The number of imide groups is 1. The zero-order chi connectivity index (χ0) is 28.9. The van der Waals surface area contributed by atoms with Crippen LogP contribution in [0.3, 0.4) is 0 Å². The third-order valence-corrected chi connectivity index (χ3v) is 8.00. The molecular formula is C34H36N4O3. The second kappa shape index (κ2) is 12.4. The van der Waals surface area contributed by atoms with Gasteiger partial charge in [0.05, 0.1) is 12.3 Å². The van der Waals surface area contributed by atoms with Crippen LogP contribution in [0.5, 0.6) is 5.75 Å². The smallest absolute Gasteiger partial charge is 0.271 e. The molecule has 0 spiro atoms. The molecule has 0 N–H and O–H groups in total. The van der Waals surface area contributed by atoms with Crippen LogP contribution in [0.2, 0.25) is 0 Å². The average Bonchev–Trinajstić information content (AvgIpc) is 3.40. The Bertz CT molecular complexity index is 1550. The summed E-state index contributed by atoms with van der Waals surface area (Å²) in [6.45, 7) is 6.51. The van der Waals surface area contributed by atoms with E-state index in [9.17, 15) is 14.9 Å². The second-order valence-corrected chi connectivity index (χ2v) is 10.8. The zero-order valence-electron chi connectivity index (χ0n) is 24.0. The van der Waals surface area contributed by atoms with Crippen molar-refractivity contribution in [2.45, 2.75) is 71.8 Å². The number of ether oxygens (including phenoxy) is 1. The third-order valence-electron chi connectivity index (χ3n) is 8.00. The normalized spacial score (nSPS) is 17.3. The summed E-state index contributed by atoms with van der Waals surface area (Å²) >= 11 is 0. The molecule has 2 aromatic carbocycles. The first kappa shape index (κ1) is 28.1. The van der Waals surface area contributed by atoms with Crippen molar-refractivity contribution >= 4 is 17.9 Å².